The first-order valence-corrected chi connectivity index (χ1v) is 11.3. The number of fused-ring (bicyclic) bond motifs is 1. The molecule has 3 aromatic rings. The summed E-state index contributed by atoms with van der Waals surface area (Å²) in [6.07, 6.45) is 2.47. The second-order valence-corrected chi connectivity index (χ2v) is 9.37. The summed E-state index contributed by atoms with van der Waals surface area (Å²) in [5.41, 5.74) is 1.56. The highest BCUT2D eigenvalue weighted by Crippen LogP contribution is 2.31. The fourth-order valence-electron chi connectivity index (χ4n) is 4.20. The summed E-state index contributed by atoms with van der Waals surface area (Å²) in [4.78, 5) is 33.5. The molecule has 1 saturated heterocycles. The van der Waals surface area contributed by atoms with Crippen LogP contribution in [0.4, 0.5) is 4.39 Å². The number of benzene rings is 1. The molecule has 1 aromatic carbocycles. The zero-order valence-electron chi connectivity index (χ0n) is 17.7. The number of halogens is 1. The SMILES string of the molecule is Cc1sc2ncn(CCC(=O)N3CCC(C(O)c4ccc(F)cc4)CC3)c(=O)c2c1C. The van der Waals surface area contributed by atoms with Crippen molar-refractivity contribution < 1.29 is 14.3 Å². The van der Waals surface area contributed by atoms with Gasteiger partial charge in [0.1, 0.15) is 10.6 Å². The first kappa shape index (κ1) is 21.6. The molecule has 1 N–H and O–H groups in total. The highest BCUT2D eigenvalue weighted by Gasteiger charge is 2.28. The normalized spacial score (nSPS) is 16.1. The van der Waals surface area contributed by atoms with Crippen molar-refractivity contribution in [3.8, 4) is 0 Å². The summed E-state index contributed by atoms with van der Waals surface area (Å²) in [5, 5.41) is 11.2. The number of nitrogens with zero attached hydrogens (tertiary/aromatic N) is 3. The van der Waals surface area contributed by atoms with Crippen molar-refractivity contribution in [3.63, 3.8) is 0 Å². The molecule has 6 nitrogen and oxygen atoms in total. The summed E-state index contributed by atoms with van der Waals surface area (Å²) in [6, 6.07) is 5.92. The van der Waals surface area contributed by atoms with E-state index >= 15 is 0 Å². The standard InChI is InChI=1S/C23H26FN3O3S/c1-14-15(2)31-22-20(14)23(30)27(13-25-22)12-9-19(28)26-10-7-17(8-11-26)21(29)16-3-5-18(24)6-4-16/h3-6,13,17,21,29H,7-12H2,1-2H3. The summed E-state index contributed by atoms with van der Waals surface area (Å²) in [7, 11) is 0. The Morgan fingerprint density at radius 2 is 1.94 bits per heavy atom. The maximum Gasteiger partial charge on any atom is 0.262 e. The Hall–Kier alpha value is -2.58. The number of hydrogen-bond acceptors (Lipinski definition) is 5. The van der Waals surface area contributed by atoms with Gasteiger partial charge in [-0.1, -0.05) is 12.1 Å². The van der Waals surface area contributed by atoms with Crippen LogP contribution in [0.15, 0.2) is 35.4 Å². The molecule has 0 aliphatic carbocycles. The molecule has 4 rings (SSSR count). The number of carbonyl (C=O) groups excluding carboxylic acids is 1. The lowest BCUT2D eigenvalue weighted by Gasteiger charge is -2.34. The van der Waals surface area contributed by atoms with Gasteiger partial charge < -0.3 is 10.0 Å². The van der Waals surface area contributed by atoms with Crippen LogP contribution in [-0.4, -0.2) is 38.6 Å². The van der Waals surface area contributed by atoms with Crippen LogP contribution in [0.3, 0.4) is 0 Å². The number of aliphatic hydroxyl groups excluding tert-OH is 1. The van der Waals surface area contributed by atoms with Gasteiger partial charge in [0.15, 0.2) is 0 Å². The summed E-state index contributed by atoms with van der Waals surface area (Å²) in [6.45, 7) is 5.34. The smallest absolute Gasteiger partial charge is 0.262 e. The zero-order valence-corrected chi connectivity index (χ0v) is 18.5. The molecule has 1 atom stereocenters. The van der Waals surface area contributed by atoms with Crippen molar-refractivity contribution in [1.29, 1.82) is 0 Å². The summed E-state index contributed by atoms with van der Waals surface area (Å²) in [5.74, 6) is -0.289. The second kappa shape index (κ2) is 8.88. The molecule has 0 radical (unpaired) electrons. The van der Waals surface area contributed by atoms with Crippen molar-refractivity contribution in [3.05, 3.63) is 62.8 Å². The first-order chi connectivity index (χ1) is 14.8. The van der Waals surface area contributed by atoms with Crippen molar-refractivity contribution in [1.82, 2.24) is 14.5 Å². The number of amides is 1. The van der Waals surface area contributed by atoms with Crippen molar-refractivity contribution in [2.45, 2.75) is 45.8 Å². The Morgan fingerprint density at radius 1 is 1.26 bits per heavy atom. The van der Waals surface area contributed by atoms with Crippen LogP contribution < -0.4 is 5.56 Å². The van der Waals surface area contributed by atoms with E-state index in [9.17, 15) is 19.1 Å². The van der Waals surface area contributed by atoms with E-state index in [1.54, 1.807) is 17.0 Å². The second-order valence-electron chi connectivity index (χ2n) is 8.17. The minimum absolute atomic E-state index is 0.0000555. The van der Waals surface area contributed by atoms with Gasteiger partial charge in [0.25, 0.3) is 5.56 Å². The lowest BCUT2D eigenvalue weighted by molar-refractivity contribution is -0.133. The quantitative estimate of drug-likeness (QED) is 0.654. The van der Waals surface area contributed by atoms with Crippen LogP contribution in [0.1, 0.15) is 41.4 Å². The van der Waals surface area contributed by atoms with Crippen molar-refractivity contribution in [2.75, 3.05) is 13.1 Å². The molecule has 8 heteroatoms. The predicted octanol–water partition coefficient (Wildman–Crippen LogP) is 3.58. The highest BCUT2D eigenvalue weighted by molar-refractivity contribution is 7.18. The Morgan fingerprint density at radius 3 is 2.61 bits per heavy atom. The van der Waals surface area contributed by atoms with Crippen molar-refractivity contribution in [2.24, 2.45) is 5.92 Å². The number of piperidine rings is 1. The topological polar surface area (TPSA) is 75.4 Å². The van der Waals surface area contributed by atoms with E-state index in [1.807, 2.05) is 13.8 Å². The number of aliphatic hydroxyl groups is 1. The van der Waals surface area contributed by atoms with Gasteiger partial charge in [0.2, 0.25) is 5.91 Å². The molecular weight excluding hydrogens is 417 g/mol. The van der Waals surface area contributed by atoms with E-state index in [-0.39, 0.29) is 29.6 Å². The van der Waals surface area contributed by atoms with Gasteiger partial charge in [0.05, 0.1) is 17.8 Å². The van der Waals surface area contributed by atoms with E-state index in [2.05, 4.69) is 4.98 Å². The molecule has 0 saturated carbocycles. The molecule has 1 amide bonds. The zero-order chi connectivity index (χ0) is 22.1. The van der Waals surface area contributed by atoms with Gasteiger partial charge >= 0.3 is 0 Å². The number of thiophene rings is 1. The Labute approximate surface area is 184 Å². The third-order valence-electron chi connectivity index (χ3n) is 6.27. The summed E-state index contributed by atoms with van der Waals surface area (Å²) >= 11 is 1.51. The van der Waals surface area contributed by atoms with Gasteiger partial charge in [-0.2, -0.15) is 0 Å². The molecular formula is C23H26FN3O3S. The highest BCUT2D eigenvalue weighted by atomic mass is 32.1. The number of likely N-dealkylation sites (tertiary alicyclic amines) is 1. The van der Waals surface area contributed by atoms with Crippen LogP contribution in [0.5, 0.6) is 0 Å². The molecule has 0 spiro atoms. The van der Waals surface area contributed by atoms with Gasteiger partial charge in [-0.05, 0) is 55.9 Å². The van der Waals surface area contributed by atoms with Gasteiger partial charge in [0, 0.05) is 30.9 Å². The van der Waals surface area contributed by atoms with Crippen LogP contribution in [0, 0.1) is 25.6 Å². The molecule has 1 aliphatic heterocycles. The number of carbonyl (C=O) groups is 1. The monoisotopic (exact) mass is 443 g/mol. The lowest BCUT2D eigenvalue weighted by Crippen LogP contribution is -2.40. The maximum absolute atomic E-state index is 13.1. The largest absolute Gasteiger partial charge is 0.388 e. The molecule has 3 heterocycles. The van der Waals surface area contributed by atoms with Gasteiger partial charge in [-0.25, -0.2) is 9.37 Å². The maximum atomic E-state index is 13.1. The van der Waals surface area contributed by atoms with Crippen LogP contribution >= 0.6 is 11.3 Å². The number of aryl methyl sites for hydroxylation is 3. The van der Waals surface area contributed by atoms with Crippen molar-refractivity contribution >= 4 is 27.5 Å². The average molecular weight is 444 g/mol. The number of hydrogen-bond donors (Lipinski definition) is 1. The minimum Gasteiger partial charge on any atom is -0.388 e. The van der Waals surface area contributed by atoms with Crippen LogP contribution in [0.2, 0.25) is 0 Å². The molecule has 31 heavy (non-hydrogen) atoms. The number of aromatic nitrogens is 2. The average Bonchev–Trinajstić information content (AvgIpc) is 3.07. The third-order valence-corrected chi connectivity index (χ3v) is 7.39. The molecule has 1 fully saturated rings. The van der Waals surface area contributed by atoms with Gasteiger partial charge in [-0.3, -0.25) is 14.2 Å². The first-order valence-electron chi connectivity index (χ1n) is 10.5. The third kappa shape index (κ3) is 4.41. The Kier molecular flexibility index (Phi) is 6.20. The molecule has 1 unspecified atom stereocenters. The lowest BCUT2D eigenvalue weighted by atomic mass is 9.87. The summed E-state index contributed by atoms with van der Waals surface area (Å²) < 4.78 is 14.6. The predicted molar refractivity (Wildman–Crippen MR) is 119 cm³/mol. The van der Waals surface area contributed by atoms with E-state index in [0.29, 0.717) is 43.4 Å². The Balaban J connectivity index is 1.34. The molecule has 2 aromatic heterocycles. The molecule has 164 valence electrons. The van der Waals surface area contributed by atoms with E-state index < -0.39 is 6.10 Å². The Bertz CT molecular complexity index is 1150. The van der Waals surface area contributed by atoms with E-state index in [0.717, 1.165) is 15.3 Å². The molecule has 0 bridgehead atoms. The van der Waals surface area contributed by atoms with E-state index in [4.69, 9.17) is 0 Å². The van der Waals surface area contributed by atoms with E-state index in [1.165, 1.54) is 34.4 Å². The van der Waals surface area contributed by atoms with Crippen LogP contribution in [0.25, 0.3) is 10.2 Å². The van der Waals surface area contributed by atoms with Gasteiger partial charge in [-0.15, -0.1) is 11.3 Å². The minimum atomic E-state index is -0.661. The van der Waals surface area contributed by atoms with Crippen LogP contribution in [-0.2, 0) is 11.3 Å². The molecule has 1 aliphatic rings. The fourth-order valence-corrected chi connectivity index (χ4v) is 5.19. The fraction of sp³-hybridized carbons (Fsp3) is 0.435. The number of rotatable bonds is 5.